The van der Waals surface area contributed by atoms with Crippen molar-refractivity contribution in [2.24, 2.45) is 5.73 Å². The van der Waals surface area contributed by atoms with Crippen molar-refractivity contribution in [3.63, 3.8) is 0 Å². The second-order valence-corrected chi connectivity index (χ2v) is 5.76. The van der Waals surface area contributed by atoms with E-state index in [0.717, 1.165) is 27.0 Å². The van der Waals surface area contributed by atoms with Crippen molar-refractivity contribution in [3.8, 4) is 11.5 Å². The largest absolute Gasteiger partial charge is 0.486 e. The number of nitrogens with zero attached hydrogens (tertiary/aromatic N) is 1. The molecule has 2 aromatic rings. The van der Waals surface area contributed by atoms with Crippen molar-refractivity contribution in [1.29, 1.82) is 0 Å². The SMILES string of the molecule is CC(N)c1ccc(Sc2ccc3c(c2)OCCO3)cn1. The Balaban J connectivity index is 1.77. The van der Waals surface area contributed by atoms with E-state index in [1.807, 2.05) is 43.5 Å². The fourth-order valence-corrected chi connectivity index (χ4v) is 2.76. The number of hydrogen-bond acceptors (Lipinski definition) is 5. The first-order valence-corrected chi connectivity index (χ1v) is 7.33. The summed E-state index contributed by atoms with van der Waals surface area (Å²) in [6.45, 7) is 3.14. The minimum Gasteiger partial charge on any atom is -0.486 e. The van der Waals surface area contributed by atoms with Crippen molar-refractivity contribution in [2.75, 3.05) is 13.2 Å². The average Bonchev–Trinajstić information content (AvgIpc) is 2.48. The number of ether oxygens (including phenoxy) is 2. The van der Waals surface area contributed by atoms with E-state index < -0.39 is 0 Å². The number of hydrogen-bond donors (Lipinski definition) is 1. The lowest BCUT2D eigenvalue weighted by atomic mass is 10.2. The Morgan fingerprint density at radius 1 is 1.10 bits per heavy atom. The van der Waals surface area contributed by atoms with E-state index in [1.165, 1.54) is 0 Å². The molecule has 104 valence electrons. The van der Waals surface area contributed by atoms with Crippen LogP contribution in [0.1, 0.15) is 18.7 Å². The third kappa shape index (κ3) is 2.89. The molecule has 1 aliphatic heterocycles. The van der Waals surface area contributed by atoms with E-state index in [1.54, 1.807) is 11.8 Å². The van der Waals surface area contributed by atoms with Gasteiger partial charge in [-0.25, -0.2) is 0 Å². The third-order valence-corrected chi connectivity index (χ3v) is 3.94. The summed E-state index contributed by atoms with van der Waals surface area (Å²) in [5.74, 6) is 1.62. The molecule has 2 heterocycles. The van der Waals surface area contributed by atoms with Crippen LogP contribution in [0.25, 0.3) is 0 Å². The van der Waals surface area contributed by atoms with Gasteiger partial charge in [0, 0.05) is 22.0 Å². The zero-order valence-corrected chi connectivity index (χ0v) is 12.0. The molecule has 1 aromatic carbocycles. The molecule has 0 aliphatic carbocycles. The van der Waals surface area contributed by atoms with Gasteiger partial charge in [-0.15, -0.1) is 0 Å². The minimum atomic E-state index is -0.0386. The molecule has 2 N–H and O–H groups in total. The van der Waals surface area contributed by atoms with Crippen molar-refractivity contribution < 1.29 is 9.47 Å². The highest BCUT2D eigenvalue weighted by Crippen LogP contribution is 2.36. The third-order valence-electron chi connectivity index (χ3n) is 2.98. The van der Waals surface area contributed by atoms with Crippen LogP contribution in [0.15, 0.2) is 46.3 Å². The van der Waals surface area contributed by atoms with E-state index in [2.05, 4.69) is 4.98 Å². The van der Waals surface area contributed by atoms with Crippen LogP contribution in [0.2, 0.25) is 0 Å². The van der Waals surface area contributed by atoms with Crippen LogP contribution >= 0.6 is 11.8 Å². The van der Waals surface area contributed by atoms with Crippen LogP contribution in [0, 0.1) is 0 Å². The summed E-state index contributed by atoms with van der Waals surface area (Å²) < 4.78 is 11.1. The summed E-state index contributed by atoms with van der Waals surface area (Å²) in [5, 5.41) is 0. The molecule has 20 heavy (non-hydrogen) atoms. The Morgan fingerprint density at radius 3 is 2.55 bits per heavy atom. The minimum absolute atomic E-state index is 0.0386. The molecule has 0 fully saturated rings. The van der Waals surface area contributed by atoms with Crippen molar-refractivity contribution in [3.05, 3.63) is 42.2 Å². The van der Waals surface area contributed by atoms with Gasteiger partial charge in [0.15, 0.2) is 11.5 Å². The number of pyridine rings is 1. The maximum Gasteiger partial charge on any atom is 0.162 e. The first kappa shape index (κ1) is 13.3. The molecule has 1 unspecified atom stereocenters. The van der Waals surface area contributed by atoms with Gasteiger partial charge in [0.25, 0.3) is 0 Å². The van der Waals surface area contributed by atoms with Crippen LogP contribution in [0.4, 0.5) is 0 Å². The number of nitrogens with two attached hydrogens (primary N) is 1. The molecule has 0 amide bonds. The van der Waals surface area contributed by atoms with Gasteiger partial charge in [-0.2, -0.15) is 0 Å². The average molecular weight is 288 g/mol. The molecule has 0 saturated carbocycles. The highest BCUT2D eigenvalue weighted by atomic mass is 32.2. The molecule has 1 aliphatic rings. The molecule has 5 heteroatoms. The van der Waals surface area contributed by atoms with Gasteiger partial charge in [0.1, 0.15) is 13.2 Å². The summed E-state index contributed by atoms with van der Waals surface area (Å²) >= 11 is 1.64. The predicted molar refractivity (Wildman–Crippen MR) is 78.4 cm³/mol. The first-order chi connectivity index (χ1) is 9.72. The molecular formula is C15H16N2O2S. The summed E-state index contributed by atoms with van der Waals surface area (Å²) in [4.78, 5) is 6.54. The van der Waals surface area contributed by atoms with Gasteiger partial charge in [0.2, 0.25) is 0 Å². The number of aromatic nitrogens is 1. The van der Waals surface area contributed by atoms with E-state index in [9.17, 15) is 0 Å². The molecule has 0 saturated heterocycles. The van der Waals surface area contributed by atoms with Crippen LogP contribution in [0.3, 0.4) is 0 Å². The molecule has 1 atom stereocenters. The highest BCUT2D eigenvalue weighted by Gasteiger charge is 2.12. The van der Waals surface area contributed by atoms with Crippen molar-refractivity contribution in [1.82, 2.24) is 4.98 Å². The Kier molecular flexibility index (Phi) is 3.80. The van der Waals surface area contributed by atoms with Gasteiger partial charge in [-0.1, -0.05) is 11.8 Å². The van der Waals surface area contributed by atoms with E-state index in [0.29, 0.717) is 13.2 Å². The molecule has 1 aromatic heterocycles. The molecule has 0 bridgehead atoms. The molecule has 0 radical (unpaired) electrons. The summed E-state index contributed by atoms with van der Waals surface area (Å²) in [6.07, 6.45) is 1.85. The van der Waals surface area contributed by atoms with Crippen molar-refractivity contribution >= 4 is 11.8 Å². The Morgan fingerprint density at radius 2 is 1.85 bits per heavy atom. The Bertz CT molecular complexity index is 599. The van der Waals surface area contributed by atoms with Crippen LogP contribution < -0.4 is 15.2 Å². The van der Waals surface area contributed by atoms with Crippen LogP contribution in [-0.4, -0.2) is 18.2 Å². The summed E-state index contributed by atoms with van der Waals surface area (Å²) in [5.41, 5.74) is 6.69. The fourth-order valence-electron chi connectivity index (χ4n) is 1.94. The molecular weight excluding hydrogens is 272 g/mol. The van der Waals surface area contributed by atoms with Gasteiger partial charge >= 0.3 is 0 Å². The van der Waals surface area contributed by atoms with Crippen molar-refractivity contribution in [2.45, 2.75) is 22.8 Å². The summed E-state index contributed by atoms with van der Waals surface area (Å²) in [7, 11) is 0. The zero-order valence-electron chi connectivity index (χ0n) is 11.2. The maximum absolute atomic E-state index is 5.79. The number of rotatable bonds is 3. The second kappa shape index (κ2) is 5.73. The molecule has 0 spiro atoms. The van der Waals surface area contributed by atoms with E-state index in [4.69, 9.17) is 15.2 Å². The highest BCUT2D eigenvalue weighted by molar-refractivity contribution is 7.99. The predicted octanol–water partition coefficient (Wildman–Crippen LogP) is 3.02. The maximum atomic E-state index is 5.79. The van der Waals surface area contributed by atoms with Crippen LogP contribution in [-0.2, 0) is 0 Å². The zero-order chi connectivity index (χ0) is 13.9. The smallest absolute Gasteiger partial charge is 0.162 e. The monoisotopic (exact) mass is 288 g/mol. The first-order valence-electron chi connectivity index (χ1n) is 6.51. The topological polar surface area (TPSA) is 57.4 Å². The van der Waals surface area contributed by atoms with Gasteiger partial charge < -0.3 is 15.2 Å². The van der Waals surface area contributed by atoms with Crippen LogP contribution in [0.5, 0.6) is 11.5 Å². The normalized spacial score (nSPS) is 14.9. The standard InChI is InChI=1S/C15H16N2O2S/c1-10(16)13-4-2-12(9-17-13)20-11-3-5-14-15(8-11)19-7-6-18-14/h2-5,8-10H,6-7,16H2,1H3. The summed E-state index contributed by atoms with van der Waals surface area (Å²) in [6, 6.07) is 9.93. The number of benzene rings is 1. The Labute approximate surface area is 122 Å². The molecule has 3 rings (SSSR count). The lowest BCUT2D eigenvalue weighted by Gasteiger charge is -2.18. The quantitative estimate of drug-likeness (QED) is 0.940. The second-order valence-electron chi connectivity index (χ2n) is 4.61. The lowest BCUT2D eigenvalue weighted by Crippen LogP contribution is -2.15. The number of fused-ring (bicyclic) bond motifs is 1. The van der Waals surface area contributed by atoms with E-state index >= 15 is 0 Å². The molecule has 4 nitrogen and oxygen atoms in total. The van der Waals surface area contributed by atoms with E-state index in [-0.39, 0.29) is 6.04 Å². The van der Waals surface area contributed by atoms with Gasteiger partial charge in [0.05, 0.1) is 5.69 Å². The van der Waals surface area contributed by atoms with Gasteiger partial charge in [-0.05, 0) is 37.3 Å². The lowest BCUT2D eigenvalue weighted by molar-refractivity contribution is 0.171. The Hall–Kier alpha value is -1.72. The van der Waals surface area contributed by atoms with Gasteiger partial charge in [-0.3, -0.25) is 4.98 Å². The fraction of sp³-hybridized carbons (Fsp3) is 0.267.